The van der Waals surface area contributed by atoms with Gasteiger partial charge in [0.15, 0.2) is 5.11 Å². The average Bonchev–Trinajstić information content (AvgIpc) is 2.67. The van der Waals surface area contributed by atoms with Crippen LogP contribution >= 0.6 is 23.6 Å². The van der Waals surface area contributed by atoms with Crippen LogP contribution in [0.5, 0.6) is 0 Å². The van der Waals surface area contributed by atoms with E-state index < -0.39 is 0 Å². The van der Waals surface area contributed by atoms with Gasteiger partial charge in [-0.2, -0.15) is 0 Å². The molecule has 0 aromatic carbocycles. The molecule has 2 nitrogen and oxygen atoms in total. The monoisotopic (exact) mass is 214 g/mol. The fourth-order valence-corrected chi connectivity index (χ4v) is 2.06. The summed E-state index contributed by atoms with van der Waals surface area (Å²) < 4.78 is 0. The highest BCUT2D eigenvalue weighted by Crippen LogP contribution is 2.23. The number of nitrogens with one attached hydrogen (secondary N) is 1. The standard InChI is InChI=1S/C9H14N2S2/c1-7(8-5-4-6-13-8)11(3)9(12)10-2/h4-7H,1-3H3,(H,10,12). The summed E-state index contributed by atoms with van der Waals surface area (Å²) in [4.78, 5) is 3.39. The summed E-state index contributed by atoms with van der Waals surface area (Å²) in [6.45, 7) is 2.15. The van der Waals surface area contributed by atoms with Gasteiger partial charge in [-0.25, -0.2) is 0 Å². The Morgan fingerprint density at radius 2 is 2.38 bits per heavy atom. The molecule has 13 heavy (non-hydrogen) atoms. The van der Waals surface area contributed by atoms with Crippen molar-refractivity contribution in [3.63, 3.8) is 0 Å². The lowest BCUT2D eigenvalue weighted by atomic mass is 10.2. The molecule has 0 saturated heterocycles. The van der Waals surface area contributed by atoms with Gasteiger partial charge >= 0.3 is 0 Å². The van der Waals surface area contributed by atoms with E-state index in [1.165, 1.54) is 4.88 Å². The number of rotatable bonds is 2. The van der Waals surface area contributed by atoms with Crippen LogP contribution in [0.3, 0.4) is 0 Å². The van der Waals surface area contributed by atoms with E-state index in [0.717, 1.165) is 5.11 Å². The van der Waals surface area contributed by atoms with Crippen LogP contribution in [0.4, 0.5) is 0 Å². The third kappa shape index (κ3) is 2.42. The molecular formula is C9H14N2S2. The van der Waals surface area contributed by atoms with E-state index in [0.29, 0.717) is 6.04 Å². The van der Waals surface area contributed by atoms with Gasteiger partial charge in [0.1, 0.15) is 0 Å². The molecule has 72 valence electrons. The molecule has 1 N–H and O–H groups in total. The van der Waals surface area contributed by atoms with Gasteiger partial charge in [0, 0.05) is 19.0 Å². The van der Waals surface area contributed by atoms with Gasteiger partial charge in [-0.1, -0.05) is 6.07 Å². The molecule has 1 heterocycles. The molecule has 0 aliphatic rings. The predicted octanol–water partition coefficient (Wildman–Crippen LogP) is 2.25. The van der Waals surface area contributed by atoms with Crippen molar-refractivity contribution < 1.29 is 0 Å². The molecule has 0 saturated carbocycles. The van der Waals surface area contributed by atoms with Crippen LogP contribution in [-0.4, -0.2) is 24.1 Å². The SMILES string of the molecule is CNC(=S)N(C)C(C)c1cccs1. The molecule has 0 aliphatic heterocycles. The highest BCUT2D eigenvalue weighted by molar-refractivity contribution is 7.80. The zero-order valence-electron chi connectivity index (χ0n) is 8.07. The maximum atomic E-state index is 5.15. The molecule has 4 heteroatoms. The Kier molecular flexibility index (Phi) is 3.69. The molecule has 0 radical (unpaired) electrons. The quantitative estimate of drug-likeness (QED) is 0.760. The molecule has 1 unspecified atom stereocenters. The van der Waals surface area contributed by atoms with Crippen LogP contribution < -0.4 is 5.32 Å². The largest absolute Gasteiger partial charge is 0.366 e. The summed E-state index contributed by atoms with van der Waals surface area (Å²) in [5, 5.41) is 5.83. The summed E-state index contributed by atoms with van der Waals surface area (Å²) in [6, 6.07) is 4.54. The Balaban J connectivity index is 2.68. The Morgan fingerprint density at radius 3 is 2.85 bits per heavy atom. The van der Waals surface area contributed by atoms with Crippen LogP contribution in [0, 0.1) is 0 Å². The molecule has 0 aliphatic carbocycles. The van der Waals surface area contributed by atoms with Gasteiger partial charge in [-0.05, 0) is 30.6 Å². The van der Waals surface area contributed by atoms with Crippen LogP contribution in [0.25, 0.3) is 0 Å². The van der Waals surface area contributed by atoms with Gasteiger partial charge in [-0.15, -0.1) is 11.3 Å². The van der Waals surface area contributed by atoms with Crippen LogP contribution in [0.15, 0.2) is 17.5 Å². The molecule has 0 spiro atoms. The lowest BCUT2D eigenvalue weighted by Crippen LogP contribution is -2.36. The number of hydrogen-bond acceptors (Lipinski definition) is 2. The first-order chi connectivity index (χ1) is 6.16. The zero-order valence-corrected chi connectivity index (χ0v) is 9.71. The minimum absolute atomic E-state index is 0.347. The van der Waals surface area contributed by atoms with Crippen molar-refractivity contribution in [1.82, 2.24) is 10.2 Å². The second-order valence-corrected chi connectivity index (χ2v) is 4.22. The Labute approximate surface area is 88.6 Å². The minimum Gasteiger partial charge on any atom is -0.366 e. The molecule has 0 amide bonds. The van der Waals surface area contributed by atoms with E-state index in [1.54, 1.807) is 11.3 Å². The van der Waals surface area contributed by atoms with Gasteiger partial charge in [0.2, 0.25) is 0 Å². The zero-order chi connectivity index (χ0) is 9.84. The Bertz CT molecular complexity index is 269. The number of nitrogens with zero attached hydrogens (tertiary/aromatic N) is 1. The van der Waals surface area contributed by atoms with Crippen molar-refractivity contribution in [1.29, 1.82) is 0 Å². The van der Waals surface area contributed by atoms with Crippen molar-refractivity contribution in [2.75, 3.05) is 14.1 Å². The maximum Gasteiger partial charge on any atom is 0.168 e. The van der Waals surface area contributed by atoms with E-state index in [4.69, 9.17) is 12.2 Å². The first-order valence-electron chi connectivity index (χ1n) is 4.14. The molecule has 1 aromatic rings. The molecule has 1 rings (SSSR count). The number of hydrogen-bond donors (Lipinski definition) is 1. The highest BCUT2D eigenvalue weighted by atomic mass is 32.1. The van der Waals surface area contributed by atoms with Crippen molar-refractivity contribution in [2.24, 2.45) is 0 Å². The summed E-state index contributed by atoms with van der Waals surface area (Å²) in [5.74, 6) is 0. The van der Waals surface area contributed by atoms with Crippen LogP contribution in [0.1, 0.15) is 17.8 Å². The summed E-state index contributed by atoms with van der Waals surface area (Å²) in [7, 11) is 3.85. The predicted molar refractivity (Wildman–Crippen MR) is 62.2 cm³/mol. The fraction of sp³-hybridized carbons (Fsp3) is 0.444. The van der Waals surface area contributed by atoms with Crippen molar-refractivity contribution >= 4 is 28.7 Å². The summed E-state index contributed by atoms with van der Waals surface area (Å²) in [6.07, 6.45) is 0. The summed E-state index contributed by atoms with van der Waals surface area (Å²) >= 11 is 6.91. The van der Waals surface area contributed by atoms with Gasteiger partial charge < -0.3 is 10.2 Å². The molecular weight excluding hydrogens is 200 g/mol. The topological polar surface area (TPSA) is 15.3 Å². The number of thiophene rings is 1. The first-order valence-corrected chi connectivity index (χ1v) is 5.43. The van der Waals surface area contributed by atoms with E-state index in [1.807, 2.05) is 14.1 Å². The van der Waals surface area contributed by atoms with Crippen LogP contribution in [0.2, 0.25) is 0 Å². The smallest absolute Gasteiger partial charge is 0.168 e. The number of thiocarbonyl (C=S) groups is 1. The lowest BCUT2D eigenvalue weighted by Gasteiger charge is -2.25. The molecule has 0 bridgehead atoms. The van der Waals surface area contributed by atoms with Gasteiger partial charge in [0.05, 0.1) is 6.04 Å². The normalized spacial score (nSPS) is 12.2. The Hall–Kier alpha value is -0.610. The van der Waals surface area contributed by atoms with Gasteiger partial charge in [-0.3, -0.25) is 0 Å². The van der Waals surface area contributed by atoms with Crippen molar-refractivity contribution in [3.8, 4) is 0 Å². The van der Waals surface area contributed by atoms with Crippen molar-refractivity contribution in [3.05, 3.63) is 22.4 Å². The minimum atomic E-state index is 0.347. The molecule has 1 atom stereocenters. The fourth-order valence-electron chi connectivity index (χ4n) is 1.07. The molecule has 0 fully saturated rings. The Morgan fingerprint density at radius 1 is 1.69 bits per heavy atom. The third-order valence-corrected chi connectivity index (χ3v) is 3.60. The second kappa shape index (κ2) is 4.58. The van der Waals surface area contributed by atoms with E-state index in [9.17, 15) is 0 Å². The molecule has 1 aromatic heterocycles. The van der Waals surface area contributed by atoms with E-state index in [2.05, 4.69) is 34.7 Å². The summed E-state index contributed by atoms with van der Waals surface area (Å²) in [5.41, 5.74) is 0. The van der Waals surface area contributed by atoms with E-state index >= 15 is 0 Å². The van der Waals surface area contributed by atoms with Crippen LogP contribution in [-0.2, 0) is 0 Å². The first kappa shape index (κ1) is 10.5. The lowest BCUT2D eigenvalue weighted by molar-refractivity contribution is 0.404. The van der Waals surface area contributed by atoms with E-state index in [-0.39, 0.29) is 0 Å². The third-order valence-electron chi connectivity index (χ3n) is 2.07. The van der Waals surface area contributed by atoms with Crippen molar-refractivity contribution in [2.45, 2.75) is 13.0 Å². The second-order valence-electron chi connectivity index (χ2n) is 2.86. The maximum absolute atomic E-state index is 5.15. The highest BCUT2D eigenvalue weighted by Gasteiger charge is 2.13. The average molecular weight is 214 g/mol. The van der Waals surface area contributed by atoms with Gasteiger partial charge in [0.25, 0.3) is 0 Å².